The molecule has 0 aliphatic heterocycles. The lowest BCUT2D eigenvalue weighted by Gasteiger charge is -2.21. The highest BCUT2D eigenvalue weighted by Gasteiger charge is 2.30. The molecule has 0 aliphatic carbocycles. The van der Waals surface area contributed by atoms with Crippen molar-refractivity contribution in [1.82, 2.24) is 0 Å². The van der Waals surface area contributed by atoms with E-state index in [0.717, 1.165) is 180 Å². The third kappa shape index (κ3) is 79.5. The van der Waals surface area contributed by atoms with Crippen molar-refractivity contribution in [3.63, 3.8) is 0 Å². The number of rotatable bonds is 74. The molecule has 0 heterocycles. The first kappa shape index (κ1) is 103. The van der Waals surface area contributed by atoms with Crippen molar-refractivity contribution in [3.05, 3.63) is 219 Å². The zero-order chi connectivity index (χ0) is 80.3. The van der Waals surface area contributed by atoms with Crippen LogP contribution in [0.5, 0.6) is 0 Å². The highest BCUT2D eigenvalue weighted by molar-refractivity contribution is 7.47. The number of carbonyl (C=O) groups excluding carboxylic acids is 4. The second-order valence-corrected chi connectivity index (χ2v) is 29.1. The second kappa shape index (κ2) is 80.4. The number of carbonyl (C=O) groups is 4. The highest BCUT2D eigenvalue weighted by atomic mass is 31.2. The van der Waals surface area contributed by atoms with Gasteiger partial charge in [0.25, 0.3) is 0 Å². The molecule has 0 radical (unpaired) electrons. The smallest absolute Gasteiger partial charge is 0.462 e. The van der Waals surface area contributed by atoms with E-state index < -0.39 is 97.5 Å². The number of aliphatic hydroxyl groups is 1. The molecular weight excluding hydrogens is 1430 g/mol. The van der Waals surface area contributed by atoms with Crippen LogP contribution in [-0.4, -0.2) is 96.7 Å². The Balaban J connectivity index is 5.56. The van der Waals surface area contributed by atoms with Crippen LogP contribution in [0, 0.1) is 0 Å². The first-order valence-corrected chi connectivity index (χ1v) is 44.0. The Morgan fingerprint density at radius 3 is 0.764 bits per heavy atom. The number of hydrogen-bond donors (Lipinski definition) is 3. The zero-order valence-corrected chi connectivity index (χ0v) is 69.4. The fraction of sp³-hybridized carbons (Fsp3) is 0.560. The number of phosphoric acid groups is 2. The van der Waals surface area contributed by atoms with Gasteiger partial charge in [0, 0.05) is 25.7 Å². The average Bonchev–Trinajstić information content (AvgIpc) is 0.906. The second-order valence-electron chi connectivity index (χ2n) is 26.2. The minimum atomic E-state index is -5.02. The van der Waals surface area contributed by atoms with Crippen molar-refractivity contribution < 1.29 is 80.2 Å². The molecule has 0 aromatic heterocycles. The fourth-order valence-electron chi connectivity index (χ4n) is 9.87. The Bertz CT molecular complexity index is 2950. The van der Waals surface area contributed by atoms with Crippen LogP contribution in [0.1, 0.15) is 272 Å². The number of unbranched alkanes of at least 4 members (excludes halogenated alkanes) is 12. The molecule has 0 saturated carbocycles. The van der Waals surface area contributed by atoms with Gasteiger partial charge in [-0.05, 0) is 173 Å². The minimum absolute atomic E-state index is 0.0199. The summed E-state index contributed by atoms with van der Waals surface area (Å²) in [6, 6.07) is 0. The summed E-state index contributed by atoms with van der Waals surface area (Å²) in [6.45, 7) is 4.20. The molecule has 5 atom stereocenters. The maximum atomic E-state index is 13.1. The van der Waals surface area contributed by atoms with Crippen LogP contribution in [0.3, 0.4) is 0 Å². The Morgan fingerprint density at radius 1 is 0.255 bits per heavy atom. The molecule has 19 heteroatoms. The third-order valence-corrected chi connectivity index (χ3v) is 17.8. The molecular formula is C91H142O17P2. The van der Waals surface area contributed by atoms with Gasteiger partial charge in [0.1, 0.15) is 19.3 Å². The van der Waals surface area contributed by atoms with Gasteiger partial charge in [-0.15, -0.1) is 0 Å². The fourth-order valence-corrected chi connectivity index (χ4v) is 11.5. The molecule has 0 aromatic rings. The molecule has 5 unspecified atom stereocenters. The van der Waals surface area contributed by atoms with Gasteiger partial charge in [-0.2, -0.15) is 0 Å². The van der Waals surface area contributed by atoms with Crippen LogP contribution in [0.2, 0.25) is 0 Å². The van der Waals surface area contributed by atoms with Crippen molar-refractivity contribution in [3.8, 4) is 0 Å². The SMILES string of the molecule is CC/C=C\C/C=C\C/C=C\C/C=C\C/C=C\C/C=C\CCC(=O)OCC(COP(=O)(O)OCC(O)COP(=O)(O)OCC(COC(=O)CCC/C=C\C/C=C\C/C=C\C/C=C\C/C=C\CC)OC(=O)CCCCCCCCC/C=C\C/C=C\C/C=C\CC)OC(=O)CCCCCC/C=C\C/C=C\C/C=C\C/C=C\CC. The van der Waals surface area contributed by atoms with Crippen LogP contribution >= 0.6 is 15.6 Å². The van der Waals surface area contributed by atoms with Crippen LogP contribution < -0.4 is 0 Å². The average molecular weight is 1570 g/mol. The van der Waals surface area contributed by atoms with Crippen molar-refractivity contribution in [1.29, 1.82) is 0 Å². The summed E-state index contributed by atoms with van der Waals surface area (Å²) in [5, 5.41) is 10.7. The topological polar surface area (TPSA) is 237 Å². The van der Waals surface area contributed by atoms with Gasteiger partial charge in [-0.3, -0.25) is 37.3 Å². The summed E-state index contributed by atoms with van der Waals surface area (Å²) in [5.41, 5.74) is 0. The molecule has 110 heavy (non-hydrogen) atoms. The standard InChI is InChI=1S/C91H142O17P2/c1-5-9-13-17-21-25-29-33-37-41-42-46-48-52-56-60-64-68-72-76-89(94)102-82-87(108-91(96)78-74-70-66-62-58-54-50-45-40-36-32-28-24-20-16-12-8-4)84-106-110(99,100)104-80-85(92)79-103-109(97,98)105-83-86(107-90(95)77-73-69-65-61-57-53-49-44-39-35-31-27-23-19-15-11-7-3)81-101-88(93)75-71-67-63-59-55-51-47-43-38-34-30-26-22-18-14-10-6-2/h9-16,21-28,33-40,42,46-47,50-52,54,56,59,63-64,68,85-87,92H,5-8,17-20,29-32,41,43-45,48-49,53,55,57-58,60-62,65-67,69-84H2,1-4H3,(H,97,98)(H,99,100)/b13-9-,14-10-,15-11-,16-12-,25-21-,26-22-,27-23-,28-24-,37-33-,38-34-,39-35-,40-36-,46-42-,51-47-,54-50-,56-52-,63-59-,68-64-. The predicted molar refractivity (Wildman–Crippen MR) is 454 cm³/mol. The lowest BCUT2D eigenvalue weighted by atomic mass is 10.1. The number of ether oxygens (including phenoxy) is 4. The normalized spacial score (nSPS) is 14.9. The minimum Gasteiger partial charge on any atom is -0.462 e. The number of allylic oxidation sites excluding steroid dienone is 36. The summed E-state index contributed by atoms with van der Waals surface area (Å²) in [7, 11) is -10.0. The number of esters is 4. The van der Waals surface area contributed by atoms with Crippen LogP contribution in [-0.2, 0) is 65.4 Å². The van der Waals surface area contributed by atoms with Gasteiger partial charge in [0.2, 0.25) is 0 Å². The van der Waals surface area contributed by atoms with E-state index in [-0.39, 0.29) is 25.7 Å². The van der Waals surface area contributed by atoms with Crippen molar-refractivity contribution in [2.45, 2.75) is 290 Å². The molecule has 618 valence electrons. The predicted octanol–water partition coefficient (Wildman–Crippen LogP) is 24.4. The summed E-state index contributed by atoms with van der Waals surface area (Å²) in [6.07, 6.45) is 102. The maximum Gasteiger partial charge on any atom is 0.472 e. The quantitative estimate of drug-likeness (QED) is 0.0169. The van der Waals surface area contributed by atoms with Crippen molar-refractivity contribution in [2.75, 3.05) is 39.6 Å². The molecule has 0 spiro atoms. The van der Waals surface area contributed by atoms with Gasteiger partial charge >= 0.3 is 39.5 Å². The molecule has 0 aromatic carbocycles. The van der Waals surface area contributed by atoms with Crippen LogP contribution in [0.4, 0.5) is 0 Å². The maximum absolute atomic E-state index is 13.1. The van der Waals surface area contributed by atoms with E-state index >= 15 is 0 Å². The van der Waals surface area contributed by atoms with Gasteiger partial charge in [0.05, 0.1) is 26.4 Å². The van der Waals surface area contributed by atoms with Gasteiger partial charge in [-0.25, -0.2) is 9.13 Å². The van der Waals surface area contributed by atoms with E-state index in [9.17, 15) is 43.2 Å². The lowest BCUT2D eigenvalue weighted by molar-refractivity contribution is -0.161. The largest absolute Gasteiger partial charge is 0.472 e. The van der Waals surface area contributed by atoms with Crippen LogP contribution in [0.25, 0.3) is 0 Å². The molecule has 3 N–H and O–H groups in total. The summed E-state index contributed by atoms with van der Waals surface area (Å²) in [4.78, 5) is 73.1. The van der Waals surface area contributed by atoms with Gasteiger partial charge in [-0.1, -0.05) is 291 Å². The van der Waals surface area contributed by atoms with E-state index in [1.54, 1.807) is 0 Å². The molecule has 17 nitrogen and oxygen atoms in total. The van der Waals surface area contributed by atoms with E-state index in [1.807, 2.05) is 30.4 Å². The van der Waals surface area contributed by atoms with Crippen molar-refractivity contribution >= 4 is 39.5 Å². The lowest BCUT2D eigenvalue weighted by Crippen LogP contribution is -2.30. The molecule has 0 bridgehead atoms. The molecule has 0 fully saturated rings. The van der Waals surface area contributed by atoms with E-state index in [1.165, 1.54) is 0 Å². The Morgan fingerprint density at radius 2 is 0.473 bits per heavy atom. The van der Waals surface area contributed by atoms with Crippen LogP contribution in [0.15, 0.2) is 219 Å². The molecule has 0 amide bonds. The Kier molecular flexibility index (Phi) is 75.6. The zero-order valence-electron chi connectivity index (χ0n) is 67.6. The third-order valence-electron chi connectivity index (χ3n) is 15.9. The summed E-state index contributed by atoms with van der Waals surface area (Å²) < 4.78 is 68.6. The number of phosphoric ester groups is 2. The van der Waals surface area contributed by atoms with E-state index in [0.29, 0.717) is 38.5 Å². The monoisotopic (exact) mass is 1570 g/mol. The number of aliphatic hydroxyl groups excluding tert-OH is 1. The Labute approximate surface area is 664 Å². The van der Waals surface area contributed by atoms with E-state index in [4.69, 9.17) is 37.0 Å². The molecule has 0 saturated heterocycles. The first-order chi connectivity index (χ1) is 53.7. The van der Waals surface area contributed by atoms with E-state index in [2.05, 4.69) is 216 Å². The Hall–Kier alpha value is -6.62. The van der Waals surface area contributed by atoms with Gasteiger partial charge < -0.3 is 33.8 Å². The summed E-state index contributed by atoms with van der Waals surface area (Å²) in [5.74, 6) is -2.40. The van der Waals surface area contributed by atoms with Gasteiger partial charge in [0.15, 0.2) is 12.2 Å². The first-order valence-electron chi connectivity index (χ1n) is 41.0. The summed E-state index contributed by atoms with van der Waals surface area (Å²) >= 11 is 0. The highest BCUT2D eigenvalue weighted by Crippen LogP contribution is 2.45. The molecule has 0 aliphatic rings. The van der Waals surface area contributed by atoms with Crippen molar-refractivity contribution in [2.24, 2.45) is 0 Å². The molecule has 0 rings (SSSR count). The number of hydrogen-bond acceptors (Lipinski definition) is 15.